The summed E-state index contributed by atoms with van der Waals surface area (Å²) in [6.45, 7) is 0. The third kappa shape index (κ3) is 6.40. The zero-order valence-electron chi connectivity index (χ0n) is 14.4. The van der Waals surface area contributed by atoms with Crippen LogP contribution in [-0.2, 0) is 16.0 Å². The van der Waals surface area contributed by atoms with Gasteiger partial charge in [-0.2, -0.15) is 22.0 Å². The van der Waals surface area contributed by atoms with E-state index in [1.54, 1.807) is 30.3 Å². The Kier molecular flexibility index (Phi) is 8.28. The topological polar surface area (TPSA) is 89.6 Å². The van der Waals surface area contributed by atoms with Gasteiger partial charge in [0.2, 0.25) is 34.8 Å². The molecule has 2 aromatic carbocycles. The van der Waals surface area contributed by atoms with Gasteiger partial charge in [0, 0.05) is 0 Å². The first-order chi connectivity index (χ1) is 13.8. The number of carbonyl (C=O) groups excluding carboxylic acids is 1. The monoisotopic (exact) mass is 445 g/mol. The molecule has 0 unspecified atom stereocenters. The van der Waals surface area contributed by atoms with Crippen LogP contribution in [0.4, 0.5) is 35.1 Å². The van der Waals surface area contributed by atoms with Gasteiger partial charge in [0.25, 0.3) is 0 Å². The number of esters is 1. The maximum Gasteiger partial charge on any atom is 0.490 e. The van der Waals surface area contributed by atoms with Crippen molar-refractivity contribution in [1.82, 2.24) is 0 Å². The molecular weight excluding hydrogens is 434 g/mol. The molecule has 1 atom stereocenters. The first-order valence-corrected chi connectivity index (χ1v) is 7.60. The van der Waals surface area contributed by atoms with Gasteiger partial charge < -0.3 is 15.6 Å². The fraction of sp³-hybridized carbons (Fsp3) is 0.176. The number of nitrogens with two attached hydrogens (primary N) is 1. The Balaban J connectivity index is 0.000000553. The van der Waals surface area contributed by atoms with Crippen LogP contribution < -0.4 is 10.5 Å². The number of ether oxygens (including phenoxy) is 1. The fourth-order valence-corrected chi connectivity index (χ4v) is 1.80. The van der Waals surface area contributed by atoms with E-state index in [4.69, 9.17) is 15.6 Å². The highest BCUT2D eigenvalue weighted by Crippen LogP contribution is 2.29. The lowest BCUT2D eigenvalue weighted by molar-refractivity contribution is -0.192. The minimum absolute atomic E-state index is 0.0327. The molecule has 0 amide bonds. The maximum absolute atomic E-state index is 13.4. The molecule has 0 heterocycles. The van der Waals surface area contributed by atoms with Gasteiger partial charge in [-0.05, 0) is 12.0 Å². The average molecular weight is 445 g/mol. The number of alkyl halides is 3. The van der Waals surface area contributed by atoms with Crippen molar-refractivity contribution in [3.05, 3.63) is 65.0 Å². The molecule has 3 N–H and O–H groups in total. The SMILES string of the molecule is N[C@@H](Cc1ccccc1)C(=O)Oc1c(F)c(F)c(F)c(F)c1F.O=C(O)C(F)(F)F. The lowest BCUT2D eigenvalue weighted by Crippen LogP contribution is -2.36. The summed E-state index contributed by atoms with van der Waals surface area (Å²) in [4.78, 5) is 20.6. The summed E-state index contributed by atoms with van der Waals surface area (Å²) in [6.07, 6.45) is -5.12. The van der Waals surface area contributed by atoms with Gasteiger partial charge in [-0.1, -0.05) is 30.3 Å². The summed E-state index contributed by atoms with van der Waals surface area (Å²) in [6, 6.07) is 7.03. The van der Waals surface area contributed by atoms with Crippen LogP contribution >= 0.6 is 0 Å². The van der Waals surface area contributed by atoms with E-state index in [9.17, 15) is 39.9 Å². The quantitative estimate of drug-likeness (QED) is 0.247. The molecule has 0 spiro atoms. The fourth-order valence-electron chi connectivity index (χ4n) is 1.80. The standard InChI is InChI=1S/C15H10F5NO2.C2HF3O2/c16-9-10(17)12(19)14(13(20)11(9)18)23-15(22)8(21)6-7-4-2-1-3-5-7;3-2(4,5)1(6)7/h1-5,8H,6,21H2;(H,6,7)/t8-;/m0./s1. The van der Waals surface area contributed by atoms with E-state index < -0.39 is 59.0 Å². The van der Waals surface area contributed by atoms with Gasteiger partial charge in [0.1, 0.15) is 6.04 Å². The van der Waals surface area contributed by atoms with Crippen LogP contribution in [0.5, 0.6) is 5.75 Å². The summed E-state index contributed by atoms with van der Waals surface area (Å²) < 4.78 is 102. The van der Waals surface area contributed by atoms with Crippen molar-refractivity contribution < 1.29 is 54.6 Å². The number of benzene rings is 2. The molecule has 0 aliphatic carbocycles. The van der Waals surface area contributed by atoms with Gasteiger partial charge in [-0.25, -0.2) is 22.8 Å². The van der Waals surface area contributed by atoms with Gasteiger partial charge in [0.15, 0.2) is 0 Å². The van der Waals surface area contributed by atoms with E-state index >= 15 is 0 Å². The van der Waals surface area contributed by atoms with Crippen molar-refractivity contribution in [1.29, 1.82) is 0 Å². The van der Waals surface area contributed by atoms with Crippen molar-refractivity contribution in [2.24, 2.45) is 5.73 Å². The molecule has 0 aliphatic heterocycles. The van der Waals surface area contributed by atoms with Crippen LogP contribution in [0.3, 0.4) is 0 Å². The van der Waals surface area contributed by atoms with Crippen molar-refractivity contribution in [3.63, 3.8) is 0 Å². The number of hydrogen-bond acceptors (Lipinski definition) is 4. The molecule has 0 saturated carbocycles. The number of carboxylic acid groups (broad SMARTS) is 1. The third-order valence-electron chi connectivity index (χ3n) is 3.22. The number of carbonyl (C=O) groups is 2. The number of aliphatic carboxylic acids is 1. The second-order valence-corrected chi connectivity index (χ2v) is 5.42. The van der Waals surface area contributed by atoms with Crippen LogP contribution in [0.15, 0.2) is 30.3 Å². The first-order valence-electron chi connectivity index (χ1n) is 7.60. The Bertz CT molecular complexity index is 889. The van der Waals surface area contributed by atoms with E-state index in [0.717, 1.165) is 0 Å². The Morgan fingerprint density at radius 3 is 1.70 bits per heavy atom. The van der Waals surface area contributed by atoms with E-state index in [1.807, 2.05) is 0 Å². The Morgan fingerprint density at radius 2 is 1.30 bits per heavy atom. The van der Waals surface area contributed by atoms with Crippen LogP contribution in [0.2, 0.25) is 0 Å². The van der Waals surface area contributed by atoms with Crippen LogP contribution in [0.25, 0.3) is 0 Å². The van der Waals surface area contributed by atoms with Gasteiger partial charge >= 0.3 is 18.1 Å². The van der Waals surface area contributed by atoms with Crippen molar-refractivity contribution in [3.8, 4) is 5.75 Å². The summed E-state index contributed by atoms with van der Waals surface area (Å²) in [5.74, 6) is -17.0. The molecule has 164 valence electrons. The van der Waals surface area contributed by atoms with E-state index in [-0.39, 0.29) is 6.42 Å². The molecule has 0 radical (unpaired) electrons. The molecule has 0 fully saturated rings. The van der Waals surface area contributed by atoms with Gasteiger partial charge in [-0.3, -0.25) is 0 Å². The Labute approximate surface area is 162 Å². The van der Waals surface area contributed by atoms with E-state index in [0.29, 0.717) is 5.56 Å². The number of hydrogen-bond donors (Lipinski definition) is 2. The Hall–Kier alpha value is -3.22. The highest BCUT2D eigenvalue weighted by atomic mass is 19.4. The lowest BCUT2D eigenvalue weighted by Gasteiger charge is -2.13. The summed E-state index contributed by atoms with van der Waals surface area (Å²) in [5.41, 5.74) is 6.16. The summed E-state index contributed by atoms with van der Waals surface area (Å²) >= 11 is 0. The van der Waals surface area contributed by atoms with Crippen LogP contribution in [0.1, 0.15) is 5.56 Å². The van der Waals surface area contributed by atoms with E-state index in [2.05, 4.69) is 4.74 Å². The molecule has 13 heteroatoms. The predicted octanol–water partition coefficient (Wildman–Crippen LogP) is 3.49. The normalized spacial score (nSPS) is 11.9. The smallest absolute Gasteiger partial charge is 0.475 e. The zero-order valence-corrected chi connectivity index (χ0v) is 14.4. The molecule has 0 bridgehead atoms. The number of halogens is 8. The minimum Gasteiger partial charge on any atom is -0.475 e. The zero-order chi connectivity index (χ0) is 23.2. The largest absolute Gasteiger partial charge is 0.490 e. The first kappa shape index (κ1) is 24.8. The predicted molar refractivity (Wildman–Crippen MR) is 83.7 cm³/mol. The maximum atomic E-state index is 13.4. The second-order valence-electron chi connectivity index (χ2n) is 5.42. The van der Waals surface area contributed by atoms with E-state index in [1.165, 1.54) is 0 Å². The van der Waals surface area contributed by atoms with Crippen LogP contribution in [0, 0.1) is 29.1 Å². The number of rotatable bonds is 4. The average Bonchev–Trinajstić information content (AvgIpc) is 2.68. The number of carboxylic acids is 1. The van der Waals surface area contributed by atoms with Crippen LogP contribution in [-0.4, -0.2) is 29.3 Å². The molecule has 0 aliphatic rings. The molecule has 0 saturated heterocycles. The molecular formula is C17H11F8NO4. The van der Waals surface area contributed by atoms with Crippen molar-refractivity contribution in [2.75, 3.05) is 0 Å². The molecule has 0 aromatic heterocycles. The highest BCUT2D eigenvalue weighted by molar-refractivity contribution is 5.78. The van der Waals surface area contributed by atoms with Crippen molar-refractivity contribution >= 4 is 11.9 Å². The highest BCUT2D eigenvalue weighted by Gasteiger charge is 2.38. The Morgan fingerprint density at radius 1 is 0.900 bits per heavy atom. The lowest BCUT2D eigenvalue weighted by atomic mass is 10.1. The molecule has 2 rings (SSSR count). The molecule has 5 nitrogen and oxygen atoms in total. The van der Waals surface area contributed by atoms with Gasteiger partial charge in [0.05, 0.1) is 0 Å². The molecule has 2 aromatic rings. The van der Waals surface area contributed by atoms with Gasteiger partial charge in [-0.15, -0.1) is 0 Å². The molecule has 30 heavy (non-hydrogen) atoms. The summed E-state index contributed by atoms with van der Waals surface area (Å²) in [7, 11) is 0. The summed E-state index contributed by atoms with van der Waals surface area (Å²) in [5, 5.41) is 7.12. The third-order valence-corrected chi connectivity index (χ3v) is 3.22. The second kappa shape index (κ2) is 10.0. The minimum atomic E-state index is -5.08. The van der Waals surface area contributed by atoms with Crippen molar-refractivity contribution in [2.45, 2.75) is 18.6 Å².